The van der Waals surface area contributed by atoms with E-state index < -0.39 is 5.38 Å². The summed E-state index contributed by atoms with van der Waals surface area (Å²) in [5.74, 6) is -0.335. The highest BCUT2D eigenvalue weighted by atomic mass is 35.5. The molecule has 2 aromatic carbocycles. The molecule has 5 heteroatoms. The lowest BCUT2D eigenvalue weighted by Gasteiger charge is -2.12. The van der Waals surface area contributed by atoms with E-state index in [0.717, 1.165) is 11.1 Å². The zero-order chi connectivity index (χ0) is 14.3. The minimum atomic E-state index is -0.599. The Morgan fingerprint density at radius 1 is 1.10 bits per heavy atom. The fourth-order valence-corrected chi connectivity index (χ4v) is 2.55. The molecule has 2 N–H and O–H groups in total. The van der Waals surface area contributed by atoms with Crippen LogP contribution < -0.4 is 5.69 Å². The van der Waals surface area contributed by atoms with Crippen LogP contribution in [0.1, 0.15) is 22.1 Å². The number of fused-ring (bicyclic) bond motifs is 1. The van der Waals surface area contributed by atoms with Crippen molar-refractivity contribution >= 4 is 22.6 Å². The lowest BCUT2D eigenvalue weighted by atomic mass is 10.0. The second-order valence-corrected chi connectivity index (χ2v) is 5.21. The Bertz CT molecular complexity index is 837. The minimum Gasteiger partial charge on any atom is -0.306 e. The average molecular weight is 291 g/mol. The molecule has 1 aromatic heterocycles. The number of hydrogen-bond acceptors (Lipinski definition) is 1. The van der Waals surface area contributed by atoms with Crippen molar-refractivity contribution in [1.82, 2.24) is 9.97 Å². The van der Waals surface area contributed by atoms with E-state index in [4.69, 9.17) is 11.6 Å². The first kappa shape index (κ1) is 12.9. The largest absolute Gasteiger partial charge is 0.323 e. The van der Waals surface area contributed by atoms with Crippen molar-refractivity contribution in [3.8, 4) is 0 Å². The van der Waals surface area contributed by atoms with Crippen LogP contribution >= 0.6 is 11.6 Å². The highest BCUT2D eigenvalue weighted by Crippen LogP contribution is 2.32. The van der Waals surface area contributed by atoms with Crippen LogP contribution in [0.4, 0.5) is 4.39 Å². The molecule has 102 valence electrons. The fraction of sp³-hybridized carbons (Fsp3) is 0.133. The van der Waals surface area contributed by atoms with Crippen LogP contribution in [0.25, 0.3) is 11.0 Å². The van der Waals surface area contributed by atoms with Crippen LogP contribution in [-0.2, 0) is 0 Å². The zero-order valence-corrected chi connectivity index (χ0v) is 11.5. The van der Waals surface area contributed by atoms with Gasteiger partial charge in [-0.1, -0.05) is 23.8 Å². The Morgan fingerprint density at radius 3 is 2.65 bits per heavy atom. The number of halogens is 2. The van der Waals surface area contributed by atoms with Gasteiger partial charge in [0.25, 0.3) is 0 Å². The molecule has 0 aliphatic heterocycles. The third-order valence-electron chi connectivity index (χ3n) is 3.26. The maximum atomic E-state index is 13.9. The molecule has 0 fully saturated rings. The summed E-state index contributed by atoms with van der Waals surface area (Å²) in [6.45, 7) is 1.89. The molecule has 20 heavy (non-hydrogen) atoms. The van der Waals surface area contributed by atoms with Gasteiger partial charge in [-0.15, -0.1) is 11.6 Å². The number of alkyl halides is 1. The molecule has 0 saturated heterocycles. The number of imidazole rings is 1. The van der Waals surface area contributed by atoms with Crippen molar-refractivity contribution in [2.45, 2.75) is 12.3 Å². The molecule has 0 spiro atoms. The lowest BCUT2D eigenvalue weighted by Crippen LogP contribution is -1.99. The van der Waals surface area contributed by atoms with Gasteiger partial charge < -0.3 is 9.97 Å². The van der Waals surface area contributed by atoms with E-state index in [1.807, 2.05) is 6.92 Å². The molecular weight excluding hydrogens is 279 g/mol. The summed E-state index contributed by atoms with van der Waals surface area (Å²) in [5.41, 5.74) is 3.20. The molecule has 0 bridgehead atoms. The fourth-order valence-electron chi connectivity index (χ4n) is 2.24. The van der Waals surface area contributed by atoms with Gasteiger partial charge in [-0.25, -0.2) is 9.18 Å². The van der Waals surface area contributed by atoms with Gasteiger partial charge in [0.15, 0.2) is 0 Å². The summed E-state index contributed by atoms with van der Waals surface area (Å²) < 4.78 is 13.9. The van der Waals surface area contributed by atoms with Gasteiger partial charge in [0.05, 0.1) is 16.4 Å². The number of hydrogen-bond donors (Lipinski definition) is 2. The van der Waals surface area contributed by atoms with Crippen LogP contribution in [0.2, 0.25) is 0 Å². The van der Waals surface area contributed by atoms with E-state index in [-0.39, 0.29) is 11.5 Å². The monoisotopic (exact) mass is 290 g/mol. The molecule has 1 heterocycles. The molecule has 3 aromatic rings. The van der Waals surface area contributed by atoms with Crippen molar-refractivity contribution in [3.63, 3.8) is 0 Å². The van der Waals surface area contributed by atoms with E-state index in [0.29, 0.717) is 16.6 Å². The van der Waals surface area contributed by atoms with Crippen molar-refractivity contribution in [1.29, 1.82) is 0 Å². The topological polar surface area (TPSA) is 48.6 Å². The number of benzene rings is 2. The summed E-state index contributed by atoms with van der Waals surface area (Å²) in [4.78, 5) is 16.6. The van der Waals surface area contributed by atoms with Crippen molar-refractivity contribution in [2.24, 2.45) is 0 Å². The quantitative estimate of drug-likeness (QED) is 0.696. The normalized spacial score (nSPS) is 12.8. The van der Waals surface area contributed by atoms with Crippen LogP contribution in [-0.4, -0.2) is 9.97 Å². The minimum absolute atomic E-state index is 0.273. The summed E-state index contributed by atoms with van der Waals surface area (Å²) >= 11 is 6.37. The van der Waals surface area contributed by atoms with Crippen molar-refractivity contribution < 1.29 is 4.39 Å². The number of aryl methyl sites for hydroxylation is 1. The Labute approximate surface area is 119 Å². The van der Waals surface area contributed by atoms with Crippen LogP contribution in [0.5, 0.6) is 0 Å². The van der Waals surface area contributed by atoms with Crippen LogP contribution in [0, 0.1) is 12.7 Å². The summed E-state index contributed by atoms with van der Waals surface area (Å²) in [6.07, 6.45) is 0. The van der Waals surface area contributed by atoms with E-state index in [2.05, 4.69) is 9.97 Å². The van der Waals surface area contributed by atoms with Crippen LogP contribution in [0.15, 0.2) is 41.2 Å². The van der Waals surface area contributed by atoms with E-state index >= 15 is 0 Å². The second kappa shape index (κ2) is 4.80. The van der Waals surface area contributed by atoms with Gasteiger partial charge >= 0.3 is 5.69 Å². The zero-order valence-electron chi connectivity index (χ0n) is 10.7. The first-order valence-electron chi connectivity index (χ1n) is 6.16. The highest BCUT2D eigenvalue weighted by Gasteiger charge is 2.16. The molecule has 0 saturated carbocycles. The predicted octanol–water partition coefficient (Wildman–Crippen LogP) is 3.63. The Kier molecular flexibility index (Phi) is 3.10. The number of nitrogens with one attached hydrogen (secondary N) is 2. The Hall–Kier alpha value is -2.07. The molecule has 0 amide bonds. The molecular formula is C15H12ClFN2O. The van der Waals surface area contributed by atoms with Gasteiger partial charge in [0, 0.05) is 5.56 Å². The van der Waals surface area contributed by atoms with E-state index in [1.54, 1.807) is 30.3 Å². The van der Waals surface area contributed by atoms with Gasteiger partial charge in [-0.2, -0.15) is 0 Å². The van der Waals surface area contributed by atoms with Crippen molar-refractivity contribution in [3.05, 3.63) is 69.4 Å². The van der Waals surface area contributed by atoms with Crippen LogP contribution in [0.3, 0.4) is 0 Å². The second-order valence-electron chi connectivity index (χ2n) is 4.77. The van der Waals surface area contributed by atoms with Crippen molar-refractivity contribution in [2.75, 3.05) is 0 Å². The molecule has 1 unspecified atom stereocenters. The molecule has 0 aliphatic carbocycles. The first-order valence-corrected chi connectivity index (χ1v) is 6.60. The van der Waals surface area contributed by atoms with E-state index in [9.17, 15) is 9.18 Å². The smallest absolute Gasteiger partial charge is 0.306 e. The summed E-state index contributed by atoms with van der Waals surface area (Å²) in [7, 11) is 0. The SMILES string of the molecule is Cc1ccc(F)c(C(Cl)c2ccc3[nH]c(=O)[nH]c3c2)c1. The number of rotatable bonds is 2. The molecule has 0 aliphatic rings. The maximum absolute atomic E-state index is 13.9. The summed E-state index contributed by atoms with van der Waals surface area (Å²) in [5, 5.41) is -0.599. The first-order chi connectivity index (χ1) is 9.54. The molecule has 0 radical (unpaired) electrons. The molecule has 3 nitrogen and oxygen atoms in total. The molecule has 1 atom stereocenters. The van der Waals surface area contributed by atoms with Gasteiger partial charge in [-0.05, 0) is 30.7 Å². The average Bonchev–Trinajstić information content (AvgIpc) is 2.79. The lowest BCUT2D eigenvalue weighted by molar-refractivity contribution is 0.612. The van der Waals surface area contributed by atoms with Gasteiger partial charge in [0.1, 0.15) is 5.82 Å². The summed E-state index contributed by atoms with van der Waals surface area (Å²) in [6, 6.07) is 10.1. The Morgan fingerprint density at radius 2 is 1.85 bits per heavy atom. The van der Waals surface area contributed by atoms with Gasteiger partial charge in [-0.3, -0.25) is 0 Å². The van der Waals surface area contributed by atoms with Gasteiger partial charge in [0.2, 0.25) is 0 Å². The third kappa shape index (κ3) is 2.23. The Balaban J connectivity index is 2.09. The number of aromatic amines is 2. The third-order valence-corrected chi connectivity index (χ3v) is 3.74. The number of H-pyrrole nitrogens is 2. The molecule has 3 rings (SSSR count). The van der Waals surface area contributed by atoms with E-state index in [1.165, 1.54) is 6.07 Å². The standard InChI is InChI=1S/C15H12ClFN2O/c1-8-2-4-11(17)10(6-8)14(16)9-3-5-12-13(7-9)19-15(20)18-12/h2-7,14H,1H3,(H2,18,19,20). The number of aromatic nitrogens is 2. The highest BCUT2D eigenvalue weighted by molar-refractivity contribution is 6.22. The maximum Gasteiger partial charge on any atom is 0.323 e. The predicted molar refractivity (Wildman–Crippen MR) is 77.8 cm³/mol.